The third-order valence-corrected chi connectivity index (χ3v) is 3.62. The molecular formula is C12H20N4O. The number of aliphatic hydroxyl groups is 1. The van der Waals surface area contributed by atoms with E-state index in [2.05, 4.69) is 15.3 Å². The van der Waals surface area contributed by atoms with Crippen LogP contribution in [-0.2, 0) is 0 Å². The molecule has 1 aromatic heterocycles. The first kappa shape index (κ1) is 12.1. The fraction of sp³-hybridized carbons (Fsp3) is 0.667. The molecule has 0 spiro atoms. The standard InChI is InChI=1S/C12H20N4O/c1-9-6-14-11(13)16-10(9)15-7-12(8-17)4-2-3-5-12/h6,17H,2-5,7-8H2,1H3,(H3,13,14,15,16). The Morgan fingerprint density at radius 3 is 2.82 bits per heavy atom. The van der Waals surface area contributed by atoms with E-state index in [0.717, 1.165) is 30.8 Å². The number of nitrogen functional groups attached to an aromatic ring is 1. The highest BCUT2D eigenvalue weighted by molar-refractivity contribution is 5.45. The molecule has 1 aromatic rings. The number of hydrogen-bond acceptors (Lipinski definition) is 5. The quantitative estimate of drug-likeness (QED) is 0.734. The fourth-order valence-electron chi connectivity index (χ4n) is 2.42. The van der Waals surface area contributed by atoms with E-state index in [1.807, 2.05) is 6.92 Å². The normalized spacial score (nSPS) is 18.2. The first-order chi connectivity index (χ1) is 8.15. The fourth-order valence-corrected chi connectivity index (χ4v) is 2.42. The summed E-state index contributed by atoms with van der Waals surface area (Å²) < 4.78 is 0. The molecule has 94 valence electrons. The van der Waals surface area contributed by atoms with Gasteiger partial charge in [-0.05, 0) is 19.8 Å². The minimum atomic E-state index is 0.0200. The number of anilines is 2. The number of rotatable bonds is 4. The Kier molecular flexibility index (Phi) is 3.47. The smallest absolute Gasteiger partial charge is 0.221 e. The minimum Gasteiger partial charge on any atom is -0.396 e. The molecule has 0 bridgehead atoms. The average Bonchev–Trinajstić information content (AvgIpc) is 2.80. The monoisotopic (exact) mass is 236 g/mol. The van der Waals surface area contributed by atoms with Gasteiger partial charge < -0.3 is 16.2 Å². The predicted molar refractivity (Wildman–Crippen MR) is 67.7 cm³/mol. The Labute approximate surface area is 101 Å². The van der Waals surface area contributed by atoms with E-state index in [1.54, 1.807) is 6.20 Å². The molecular weight excluding hydrogens is 216 g/mol. The van der Waals surface area contributed by atoms with Crippen molar-refractivity contribution in [3.05, 3.63) is 11.8 Å². The molecule has 0 amide bonds. The van der Waals surface area contributed by atoms with Gasteiger partial charge in [-0.2, -0.15) is 4.98 Å². The molecule has 0 radical (unpaired) electrons. The van der Waals surface area contributed by atoms with Gasteiger partial charge in [0.05, 0.1) is 6.61 Å². The molecule has 5 nitrogen and oxygen atoms in total. The Hall–Kier alpha value is -1.36. The third kappa shape index (κ3) is 2.66. The summed E-state index contributed by atoms with van der Waals surface area (Å²) in [6, 6.07) is 0. The van der Waals surface area contributed by atoms with Crippen molar-refractivity contribution in [2.75, 3.05) is 24.2 Å². The Morgan fingerprint density at radius 1 is 1.47 bits per heavy atom. The summed E-state index contributed by atoms with van der Waals surface area (Å²) in [7, 11) is 0. The summed E-state index contributed by atoms with van der Waals surface area (Å²) in [5.74, 6) is 1.06. The zero-order valence-corrected chi connectivity index (χ0v) is 10.2. The van der Waals surface area contributed by atoms with Gasteiger partial charge >= 0.3 is 0 Å². The summed E-state index contributed by atoms with van der Waals surface area (Å²) >= 11 is 0. The molecule has 1 aliphatic rings. The van der Waals surface area contributed by atoms with E-state index in [0.29, 0.717) is 0 Å². The number of nitrogens with two attached hydrogens (primary N) is 1. The van der Waals surface area contributed by atoms with Crippen LogP contribution in [0, 0.1) is 12.3 Å². The maximum atomic E-state index is 9.52. The van der Waals surface area contributed by atoms with E-state index < -0.39 is 0 Å². The molecule has 0 saturated heterocycles. The molecule has 1 fully saturated rings. The summed E-state index contributed by atoms with van der Waals surface area (Å²) in [5, 5.41) is 12.8. The van der Waals surface area contributed by atoms with E-state index in [-0.39, 0.29) is 18.0 Å². The summed E-state index contributed by atoms with van der Waals surface area (Å²) in [5.41, 5.74) is 6.56. The largest absolute Gasteiger partial charge is 0.396 e. The van der Waals surface area contributed by atoms with Crippen molar-refractivity contribution in [3.63, 3.8) is 0 Å². The van der Waals surface area contributed by atoms with Crippen molar-refractivity contribution in [2.45, 2.75) is 32.6 Å². The maximum Gasteiger partial charge on any atom is 0.221 e. The minimum absolute atomic E-state index is 0.0200. The highest BCUT2D eigenvalue weighted by atomic mass is 16.3. The zero-order chi connectivity index (χ0) is 12.3. The van der Waals surface area contributed by atoms with Crippen LogP contribution in [-0.4, -0.2) is 28.2 Å². The molecule has 0 atom stereocenters. The second-order valence-corrected chi connectivity index (χ2v) is 4.98. The third-order valence-electron chi connectivity index (χ3n) is 3.62. The van der Waals surface area contributed by atoms with E-state index in [1.165, 1.54) is 12.8 Å². The zero-order valence-electron chi connectivity index (χ0n) is 10.2. The van der Waals surface area contributed by atoms with Crippen LogP contribution in [0.5, 0.6) is 0 Å². The van der Waals surface area contributed by atoms with Crippen molar-refractivity contribution in [1.29, 1.82) is 0 Å². The SMILES string of the molecule is Cc1cnc(N)nc1NCC1(CO)CCCC1. The van der Waals surface area contributed by atoms with Crippen molar-refractivity contribution in [1.82, 2.24) is 9.97 Å². The van der Waals surface area contributed by atoms with Crippen LogP contribution in [0.15, 0.2) is 6.20 Å². The Morgan fingerprint density at radius 2 is 2.18 bits per heavy atom. The lowest BCUT2D eigenvalue weighted by molar-refractivity contribution is 0.142. The summed E-state index contributed by atoms with van der Waals surface area (Å²) in [6.07, 6.45) is 6.28. The molecule has 0 aliphatic heterocycles. The first-order valence-electron chi connectivity index (χ1n) is 6.09. The molecule has 1 aliphatic carbocycles. The van der Waals surface area contributed by atoms with Crippen molar-refractivity contribution >= 4 is 11.8 Å². The molecule has 0 unspecified atom stereocenters. The van der Waals surface area contributed by atoms with E-state index in [4.69, 9.17) is 5.73 Å². The van der Waals surface area contributed by atoms with Crippen molar-refractivity contribution in [2.24, 2.45) is 5.41 Å². The highest BCUT2D eigenvalue weighted by Crippen LogP contribution is 2.37. The van der Waals surface area contributed by atoms with Crippen LogP contribution in [0.2, 0.25) is 0 Å². The number of aryl methyl sites for hydroxylation is 1. The number of aliphatic hydroxyl groups excluding tert-OH is 1. The van der Waals surface area contributed by atoms with Gasteiger partial charge in [0, 0.05) is 23.7 Å². The van der Waals surface area contributed by atoms with Crippen molar-refractivity contribution < 1.29 is 5.11 Å². The van der Waals surface area contributed by atoms with Gasteiger partial charge in [-0.1, -0.05) is 12.8 Å². The molecule has 17 heavy (non-hydrogen) atoms. The van der Waals surface area contributed by atoms with Crippen LogP contribution in [0.1, 0.15) is 31.2 Å². The molecule has 0 aromatic carbocycles. The second-order valence-electron chi connectivity index (χ2n) is 4.98. The van der Waals surface area contributed by atoms with Crippen LogP contribution < -0.4 is 11.1 Å². The summed E-state index contributed by atoms with van der Waals surface area (Å²) in [6.45, 7) is 2.93. The first-order valence-corrected chi connectivity index (χ1v) is 6.09. The molecule has 1 saturated carbocycles. The predicted octanol–water partition coefficient (Wildman–Crippen LogP) is 1.33. The lowest BCUT2D eigenvalue weighted by atomic mass is 9.87. The van der Waals surface area contributed by atoms with E-state index in [9.17, 15) is 5.11 Å². The van der Waals surface area contributed by atoms with Gasteiger partial charge in [-0.15, -0.1) is 0 Å². The maximum absolute atomic E-state index is 9.52. The van der Waals surface area contributed by atoms with Crippen LogP contribution in [0.3, 0.4) is 0 Å². The number of nitrogens with one attached hydrogen (secondary N) is 1. The molecule has 5 heteroatoms. The van der Waals surface area contributed by atoms with Crippen molar-refractivity contribution in [3.8, 4) is 0 Å². The molecule has 2 rings (SSSR count). The van der Waals surface area contributed by atoms with Crippen LogP contribution in [0.4, 0.5) is 11.8 Å². The van der Waals surface area contributed by atoms with Crippen LogP contribution in [0.25, 0.3) is 0 Å². The Bertz CT molecular complexity index is 388. The summed E-state index contributed by atoms with van der Waals surface area (Å²) in [4.78, 5) is 8.11. The number of aromatic nitrogens is 2. The van der Waals surface area contributed by atoms with Gasteiger partial charge in [-0.25, -0.2) is 4.98 Å². The lowest BCUT2D eigenvalue weighted by Gasteiger charge is -2.27. The van der Waals surface area contributed by atoms with Gasteiger partial charge in [-0.3, -0.25) is 0 Å². The number of nitrogens with zero attached hydrogens (tertiary/aromatic N) is 2. The topological polar surface area (TPSA) is 84.1 Å². The molecule has 4 N–H and O–H groups in total. The number of hydrogen-bond donors (Lipinski definition) is 3. The second kappa shape index (κ2) is 4.87. The highest BCUT2D eigenvalue weighted by Gasteiger charge is 2.33. The lowest BCUT2D eigenvalue weighted by Crippen LogP contribution is -2.31. The average molecular weight is 236 g/mol. The molecule has 1 heterocycles. The van der Waals surface area contributed by atoms with Gasteiger partial charge in [0.2, 0.25) is 5.95 Å². The van der Waals surface area contributed by atoms with E-state index >= 15 is 0 Å². The van der Waals surface area contributed by atoms with Gasteiger partial charge in [0.1, 0.15) is 5.82 Å². The van der Waals surface area contributed by atoms with Gasteiger partial charge in [0.25, 0.3) is 0 Å². The van der Waals surface area contributed by atoms with Crippen LogP contribution >= 0.6 is 0 Å². The van der Waals surface area contributed by atoms with Gasteiger partial charge in [0.15, 0.2) is 0 Å². The Balaban J connectivity index is 2.03.